The molecule has 0 N–H and O–H groups in total. The van der Waals surface area contributed by atoms with Gasteiger partial charge in [-0.15, -0.1) is 0 Å². The molecule has 0 aliphatic heterocycles. The molecule has 0 saturated heterocycles. The van der Waals surface area contributed by atoms with Crippen LogP contribution in [0.1, 0.15) is 286 Å². The number of benzene rings is 3. The summed E-state index contributed by atoms with van der Waals surface area (Å²) in [6.45, 7) is 76.0. The normalized spacial score (nSPS) is 11.4. The van der Waals surface area contributed by atoms with Crippen LogP contribution in [0.15, 0.2) is 156 Å². The Kier molecular flexibility index (Phi) is 96.5. The second-order valence-electron chi connectivity index (χ2n) is 23.0. The zero-order valence-electron chi connectivity index (χ0n) is 60.9. The first kappa shape index (κ1) is 97.3. The van der Waals surface area contributed by atoms with Crippen molar-refractivity contribution in [2.24, 2.45) is 47.3 Å². The first-order valence-corrected chi connectivity index (χ1v) is 32.5. The zero-order chi connectivity index (χ0) is 64.3. The summed E-state index contributed by atoms with van der Waals surface area (Å²) in [6.07, 6.45) is 23.3. The molecule has 0 fully saturated rings. The van der Waals surface area contributed by atoms with Crippen molar-refractivity contribution >= 4 is 0 Å². The number of allylic oxidation sites excluding steroid dienone is 12. The fourth-order valence-corrected chi connectivity index (χ4v) is 5.13. The van der Waals surface area contributed by atoms with Crippen LogP contribution < -0.4 is 0 Å². The maximum atomic E-state index is 2.29. The monoisotopic (exact) mass is 1100 g/mol. The molecule has 0 heterocycles. The van der Waals surface area contributed by atoms with Crippen LogP contribution in [0.2, 0.25) is 0 Å². The summed E-state index contributed by atoms with van der Waals surface area (Å²) < 4.78 is 0. The maximum Gasteiger partial charge on any atom is -0.00135 e. The van der Waals surface area contributed by atoms with Crippen LogP contribution in [-0.2, 0) is 6.42 Å². The van der Waals surface area contributed by atoms with Crippen LogP contribution in [0, 0.1) is 47.3 Å². The van der Waals surface area contributed by atoms with Crippen molar-refractivity contribution in [2.75, 3.05) is 0 Å². The molecule has 8 rings (SSSR count). The molecular formula is C79H148. The summed E-state index contributed by atoms with van der Waals surface area (Å²) in [4.78, 5) is 0. The fraction of sp³-hybridized carbons (Fsp3) is 0.620. The third-order valence-corrected chi connectivity index (χ3v) is 6.83. The Hall–Kier alpha value is -3.90. The lowest BCUT2D eigenvalue weighted by Gasteiger charge is -1.99. The summed E-state index contributed by atoms with van der Waals surface area (Å²) in [6, 6.07) is 29.3. The Morgan fingerprint density at radius 2 is 0.456 bits per heavy atom. The quantitative estimate of drug-likeness (QED) is 0.165. The Balaban J connectivity index is -0.0000000833. The van der Waals surface area contributed by atoms with E-state index in [-0.39, 0.29) is 0 Å². The molecule has 0 heteroatoms. The molecule has 0 aromatic heterocycles. The van der Waals surface area contributed by atoms with E-state index in [2.05, 4.69) is 263 Å². The van der Waals surface area contributed by atoms with Gasteiger partial charge in [0.15, 0.2) is 0 Å². The highest BCUT2D eigenvalue weighted by Gasteiger charge is 2.24. The Morgan fingerprint density at radius 1 is 0.253 bits per heavy atom. The summed E-state index contributed by atoms with van der Waals surface area (Å²) in [5, 5.41) is 0. The second-order valence-corrected chi connectivity index (χ2v) is 23.0. The van der Waals surface area contributed by atoms with E-state index >= 15 is 0 Å². The highest BCUT2D eigenvalue weighted by molar-refractivity contribution is 5.76. The predicted octanol–water partition coefficient (Wildman–Crippen LogP) is 28.8. The van der Waals surface area contributed by atoms with Gasteiger partial charge in [-0.3, -0.25) is 0 Å². The fourth-order valence-electron chi connectivity index (χ4n) is 5.13. The SMILES string of the molecule is C1=CC2=C(C1)C1=C(C=CC1)C2.C1=CCC=C1.CC.CC.CC.CC.CC.CC.CC(C)C.CC(C)C.CC(C)C.CC(C)C.CC(C)C.CC(C)C.CC(C)C.CC(C)C.c1ccc2c(c1)Cc1ccccc1-2.c1ccccc1. The Bertz CT molecular complexity index is 1510. The Morgan fingerprint density at radius 3 is 0.646 bits per heavy atom. The van der Waals surface area contributed by atoms with Crippen LogP contribution >= 0.6 is 0 Å². The van der Waals surface area contributed by atoms with Gasteiger partial charge in [-0.1, -0.05) is 383 Å². The highest BCUT2D eigenvalue weighted by atomic mass is 14.3. The van der Waals surface area contributed by atoms with Gasteiger partial charge in [0.25, 0.3) is 0 Å². The van der Waals surface area contributed by atoms with Gasteiger partial charge in [0, 0.05) is 0 Å². The topological polar surface area (TPSA) is 0 Å². The zero-order valence-corrected chi connectivity index (χ0v) is 60.9. The van der Waals surface area contributed by atoms with Gasteiger partial charge in [0.1, 0.15) is 0 Å². The molecular weight excluding hydrogens is 949 g/mol. The molecule has 0 atom stereocenters. The molecule has 0 saturated carbocycles. The minimum atomic E-state index is 0.833. The van der Waals surface area contributed by atoms with E-state index in [1.54, 1.807) is 22.3 Å². The molecule has 0 radical (unpaired) electrons. The molecule has 5 aliphatic rings. The van der Waals surface area contributed by atoms with Crippen molar-refractivity contribution in [1.82, 2.24) is 0 Å². The van der Waals surface area contributed by atoms with Crippen molar-refractivity contribution in [3.8, 4) is 11.1 Å². The molecule has 5 aliphatic carbocycles. The molecule has 464 valence electrons. The summed E-state index contributed by atoms with van der Waals surface area (Å²) in [5.41, 5.74) is 12.2. The minimum absolute atomic E-state index is 0.833. The van der Waals surface area contributed by atoms with Gasteiger partial charge in [-0.05, 0) is 124 Å². The van der Waals surface area contributed by atoms with Gasteiger partial charge in [-0.2, -0.15) is 0 Å². The first-order chi connectivity index (χ1) is 37.3. The van der Waals surface area contributed by atoms with E-state index in [9.17, 15) is 0 Å². The first-order valence-electron chi connectivity index (χ1n) is 32.5. The standard InChI is InChI=1S/C13H10.C11H10.C6H6.C5H6.8C4H10.6C2H6/c1-3-7-12-10(5-1)9-11-6-2-4-8-13(11)12;1-3-8-7-9-4-2-6-11(9)10(8)5-1;1-2-4-6-5-3-1;1-2-4-5-3-1;8*1-4(2)3;6*1-2/h1-8H,9H2;1-4H,5-7H2;1-6H;1-4H,5H2;8*4H,1-3H3;6*1-2H3. The number of rotatable bonds is 0. The van der Waals surface area contributed by atoms with Crippen molar-refractivity contribution < 1.29 is 0 Å². The summed E-state index contributed by atoms with van der Waals surface area (Å²) >= 11 is 0. The van der Waals surface area contributed by atoms with E-state index in [1.165, 1.54) is 41.5 Å². The highest BCUT2D eigenvalue weighted by Crippen LogP contribution is 2.43. The Labute approximate surface area is 504 Å². The van der Waals surface area contributed by atoms with Crippen molar-refractivity contribution in [3.05, 3.63) is 167 Å². The average molecular weight is 1100 g/mol. The van der Waals surface area contributed by atoms with Gasteiger partial charge in [0.2, 0.25) is 0 Å². The van der Waals surface area contributed by atoms with E-state index in [0.717, 1.165) is 60.2 Å². The average Bonchev–Trinajstić information content (AvgIpc) is 4.26. The van der Waals surface area contributed by atoms with Gasteiger partial charge in [0.05, 0.1) is 0 Å². The predicted molar refractivity (Wildman–Crippen MR) is 382 cm³/mol. The summed E-state index contributed by atoms with van der Waals surface area (Å²) in [7, 11) is 0. The lowest BCUT2D eigenvalue weighted by atomic mass is 10.1. The lowest BCUT2D eigenvalue weighted by molar-refractivity contribution is 0.736. The van der Waals surface area contributed by atoms with E-state index in [4.69, 9.17) is 0 Å². The number of hydrogen-bond donors (Lipinski definition) is 0. The van der Waals surface area contributed by atoms with E-state index < -0.39 is 0 Å². The van der Waals surface area contributed by atoms with Crippen LogP contribution in [0.25, 0.3) is 11.1 Å². The third kappa shape index (κ3) is 90.9. The van der Waals surface area contributed by atoms with E-state index in [1.807, 2.05) is 119 Å². The number of fused-ring (bicyclic) bond motifs is 4. The largest absolute Gasteiger partial charge is 0.0808 e. The second kappa shape index (κ2) is 78.3. The van der Waals surface area contributed by atoms with Gasteiger partial charge in [-0.25, -0.2) is 0 Å². The minimum Gasteiger partial charge on any atom is -0.0808 e. The van der Waals surface area contributed by atoms with Crippen LogP contribution in [0.4, 0.5) is 0 Å². The van der Waals surface area contributed by atoms with Gasteiger partial charge >= 0.3 is 0 Å². The molecule has 0 spiro atoms. The molecule has 79 heavy (non-hydrogen) atoms. The van der Waals surface area contributed by atoms with Crippen molar-refractivity contribution in [1.29, 1.82) is 0 Å². The van der Waals surface area contributed by atoms with E-state index in [0.29, 0.717) is 0 Å². The van der Waals surface area contributed by atoms with Crippen molar-refractivity contribution in [2.45, 2.75) is 281 Å². The molecule has 3 aromatic carbocycles. The maximum absolute atomic E-state index is 2.29. The third-order valence-electron chi connectivity index (χ3n) is 6.83. The number of hydrogen-bond acceptors (Lipinski definition) is 0. The molecule has 0 amide bonds. The molecule has 0 bridgehead atoms. The summed E-state index contributed by atoms with van der Waals surface area (Å²) in [5.74, 6) is 6.67. The van der Waals surface area contributed by atoms with Crippen LogP contribution in [0.3, 0.4) is 0 Å². The van der Waals surface area contributed by atoms with Crippen LogP contribution in [-0.4, -0.2) is 0 Å². The van der Waals surface area contributed by atoms with Gasteiger partial charge < -0.3 is 0 Å². The van der Waals surface area contributed by atoms with Crippen LogP contribution in [0.5, 0.6) is 0 Å². The van der Waals surface area contributed by atoms with Crippen molar-refractivity contribution in [3.63, 3.8) is 0 Å². The lowest BCUT2D eigenvalue weighted by Crippen LogP contribution is -1.80. The smallest absolute Gasteiger partial charge is 0.00135 e. The molecule has 0 unspecified atom stereocenters. The molecule has 0 nitrogen and oxygen atoms in total. The molecule has 3 aromatic rings.